The second-order valence-electron chi connectivity index (χ2n) is 10.6. The Kier molecular flexibility index (Phi) is 11.5. The molecule has 1 saturated heterocycles. The zero-order valence-corrected chi connectivity index (χ0v) is 24.4. The van der Waals surface area contributed by atoms with Crippen LogP contribution in [-0.4, -0.2) is 43.2 Å². The minimum Gasteiger partial charge on any atom is -0.374 e. The lowest BCUT2D eigenvalue weighted by molar-refractivity contribution is -0.277. The zero-order valence-electron chi connectivity index (χ0n) is 24.4. The van der Waals surface area contributed by atoms with Crippen LogP contribution in [0.2, 0.25) is 0 Å². The number of nitrogens with one attached hydrogen (secondary N) is 1. The Bertz CT molecular complexity index is 1360. The lowest BCUT2D eigenvalue weighted by Gasteiger charge is -2.46. The van der Waals surface area contributed by atoms with E-state index in [0.29, 0.717) is 26.4 Å². The first kappa shape index (κ1) is 30.6. The highest BCUT2D eigenvalue weighted by atomic mass is 16.6. The van der Waals surface area contributed by atoms with E-state index < -0.39 is 30.6 Å². The third-order valence-electron chi connectivity index (χ3n) is 7.23. The molecule has 0 unspecified atom stereocenters. The van der Waals surface area contributed by atoms with Gasteiger partial charge in [0.25, 0.3) is 0 Å². The third-order valence-corrected chi connectivity index (χ3v) is 7.23. The van der Waals surface area contributed by atoms with E-state index in [9.17, 15) is 4.79 Å². The molecule has 0 aliphatic carbocycles. The van der Waals surface area contributed by atoms with Gasteiger partial charge in [0.05, 0.1) is 33.0 Å². The van der Waals surface area contributed by atoms with Crippen LogP contribution in [0.25, 0.3) is 0 Å². The van der Waals surface area contributed by atoms with Gasteiger partial charge in [-0.05, 0) is 22.3 Å². The molecule has 7 nitrogen and oxygen atoms in total. The van der Waals surface area contributed by atoms with Crippen LogP contribution in [0.4, 0.5) is 0 Å². The smallest absolute Gasteiger partial charge is 0.218 e. The number of ether oxygens (including phenoxy) is 5. The molecule has 224 valence electrons. The predicted molar refractivity (Wildman–Crippen MR) is 164 cm³/mol. The van der Waals surface area contributed by atoms with Gasteiger partial charge in [-0.15, -0.1) is 0 Å². The predicted octanol–water partition coefficient (Wildman–Crippen LogP) is 5.82. The fourth-order valence-electron chi connectivity index (χ4n) is 5.11. The van der Waals surface area contributed by atoms with Crippen molar-refractivity contribution in [2.75, 3.05) is 6.61 Å². The highest BCUT2D eigenvalue weighted by molar-refractivity contribution is 5.73. The van der Waals surface area contributed by atoms with E-state index in [-0.39, 0.29) is 12.5 Å². The molecule has 1 aliphatic heterocycles. The quantitative estimate of drug-likeness (QED) is 0.202. The van der Waals surface area contributed by atoms with Crippen molar-refractivity contribution in [2.45, 2.75) is 64.0 Å². The van der Waals surface area contributed by atoms with Crippen LogP contribution in [0, 0.1) is 0 Å². The van der Waals surface area contributed by atoms with Gasteiger partial charge in [0, 0.05) is 6.92 Å². The minimum atomic E-state index is -0.774. The van der Waals surface area contributed by atoms with Gasteiger partial charge in [-0.1, -0.05) is 121 Å². The minimum absolute atomic E-state index is 0.229. The lowest BCUT2D eigenvalue weighted by atomic mass is 9.96. The summed E-state index contributed by atoms with van der Waals surface area (Å²) >= 11 is 0. The lowest BCUT2D eigenvalue weighted by Crippen LogP contribution is -2.65. The molecule has 1 N–H and O–H groups in total. The number of carbonyl (C=O) groups excluding carboxylic acids is 1. The number of amides is 1. The van der Waals surface area contributed by atoms with Crippen molar-refractivity contribution in [3.8, 4) is 0 Å². The standard InChI is InChI=1S/C36H39NO6/c1-27(38)37-36-35(42-25-31-20-12-5-13-21-31)34(41-24-30-18-10-4-11-19-30)33(40-23-29-16-8-3-9-17-29)32(43-36)26-39-22-28-14-6-2-7-15-28/h2-21,32-36H,22-26H2,1H3,(H,37,38)/t32-,33-,34+,35-,36-/m1/s1. The maximum absolute atomic E-state index is 12.4. The van der Waals surface area contributed by atoms with Gasteiger partial charge in [0.2, 0.25) is 5.91 Å². The molecule has 0 aromatic heterocycles. The molecule has 0 bridgehead atoms. The topological polar surface area (TPSA) is 75.3 Å². The Morgan fingerprint density at radius 3 is 1.42 bits per heavy atom. The molecule has 5 atom stereocenters. The van der Waals surface area contributed by atoms with Gasteiger partial charge in [-0.25, -0.2) is 0 Å². The largest absolute Gasteiger partial charge is 0.374 e. The highest BCUT2D eigenvalue weighted by Crippen LogP contribution is 2.30. The summed E-state index contributed by atoms with van der Waals surface area (Å²) in [6.07, 6.45) is -3.10. The van der Waals surface area contributed by atoms with Crippen molar-refractivity contribution >= 4 is 5.91 Å². The van der Waals surface area contributed by atoms with Crippen LogP contribution in [0.1, 0.15) is 29.2 Å². The Hall–Kier alpha value is -3.85. The van der Waals surface area contributed by atoms with Crippen molar-refractivity contribution in [3.05, 3.63) is 144 Å². The zero-order chi connectivity index (χ0) is 29.7. The number of carbonyl (C=O) groups is 1. The van der Waals surface area contributed by atoms with Crippen LogP contribution in [-0.2, 0) is 54.9 Å². The van der Waals surface area contributed by atoms with Crippen LogP contribution in [0.15, 0.2) is 121 Å². The summed E-state index contributed by atoms with van der Waals surface area (Å²) in [6, 6.07) is 39.8. The molecular formula is C36H39NO6. The summed E-state index contributed by atoms with van der Waals surface area (Å²) in [5.74, 6) is -0.229. The molecule has 43 heavy (non-hydrogen) atoms. The number of hydrogen-bond donors (Lipinski definition) is 1. The molecule has 0 radical (unpaired) electrons. The number of benzene rings is 4. The third kappa shape index (κ3) is 9.32. The van der Waals surface area contributed by atoms with Crippen molar-refractivity contribution in [2.24, 2.45) is 0 Å². The van der Waals surface area contributed by atoms with E-state index in [1.54, 1.807) is 0 Å². The Labute approximate surface area is 253 Å². The normalized spacial score (nSPS) is 21.7. The van der Waals surface area contributed by atoms with Crippen LogP contribution in [0.3, 0.4) is 0 Å². The molecular weight excluding hydrogens is 542 g/mol. The van der Waals surface area contributed by atoms with Gasteiger partial charge in [0.1, 0.15) is 24.4 Å². The molecule has 1 aliphatic rings. The van der Waals surface area contributed by atoms with Crippen molar-refractivity contribution < 1.29 is 28.5 Å². The van der Waals surface area contributed by atoms with Crippen molar-refractivity contribution in [1.82, 2.24) is 5.32 Å². The summed E-state index contributed by atoms with van der Waals surface area (Å²) < 4.78 is 32.4. The first-order chi connectivity index (χ1) is 21.2. The van der Waals surface area contributed by atoms with Crippen molar-refractivity contribution in [1.29, 1.82) is 0 Å². The van der Waals surface area contributed by atoms with Crippen LogP contribution in [0.5, 0.6) is 0 Å². The van der Waals surface area contributed by atoms with Crippen LogP contribution >= 0.6 is 0 Å². The maximum atomic E-state index is 12.4. The van der Waals surface area contributed by atoms with Gasteiger partial charge < -0.3 is 29.0 Å². The van der Waals surface area contributed by atoms with Crippen molar-refractivity contribution in [3.63, 3.8) is 0 Å². The molecule has 4 aromatic carbocycles. The molecule has 0 saturated carbocycles. The van der Waals surface area contributed by atoms with E-state index >= 15 is 0 Å². The monoisotopic (exact) mass is 581 g/mol. The van der Waals surface area contributed by atoms with E-state index in [0.717, 1.165) is 22.3 Å². The van der Waals surface area contributed by atoms with Gasteiger partial charge in [-0.3, -0.25) is 4.79 Å². The molecule has 1 amide bonds. The SMILES string of the molecule is CC(=O)N[C@@H]1O[C@H](COCc2ccccc2)[C@@H](OCc2ccccc2)[C@H](OCc2ccccc2)[C@H]1OCc1ccccc1. The Balaban J connectivity index is 1.42. The molecule has 4 aromatic rings. The molecule has 0 spiro atoms. The van der Waals surface area contributed by atoms with Gasteiger partial charge in [0.15, 0.2) is 6.23 Å². The maximum Gasteiger partial charge on any atom is 0.218 e. The second-order valence-corrected chi connectivity index (χ2v) is 10.6. The Morgan fingerprint density at radius 2 is 0.977 bits per heavy atom. The number of hydrogen-bond acceptors (Lipinski definition) is 6. The molecule has 5 rings (SSSR count). The summed E-state index contributed by atoms with van der Waals surface area (Å²) in [5, 5.41) is 2.95. The van der Waals surface area contributed by atoms with E-state index in [1.165, 1.54) is 6.92 Å². The van der Waals surface area contributed by atoms with Crippen LogP contribution < -0.4 is 5.32 Å². The average Bonchev–Trinajstić information content (AvgIpc) is 3.04. The highest BCUT2D eigenvalue weighted by Gasteiger charge is 2.48. The number of rotatable bonds is 14. The van der Waals surface area contributed by atoms with Gasteiger partial charge >= 0.3 is 0 Å². The molecule has 1 heterocycles. The average molecular weight is 582 g/mol. The first-order valence-corrected chi connectivity index (χ1v) is 14.7. The summed E-state index contributed by atoms with van der Waals surface area (Å²) in [5.41, 5.74) is 4.10. The molecule has 7 heteroatoms. The van der Waals surface area contributed by atoms with E-state index in [2.05, 4.69) is 5.32 Å². The van der Waals surface area contributed by atoms with Gasteiger partial charge in [-0.2, -0.15) is 0 Å². The van der Waals surface area contributed by atoms with E-state index in [1.807, 2.05) is 121 Å². The Morgan fingerprint density at radius 1 is 0.581 bits per heavy atom. The molecule has 1 fully saturated rings. The summed E-state index contributed by atoms with van der Waals surface area (Å²) in [6.45, 7) is 3.13. The second kappa shape index (κ2) is 16.1. The first-order valence-electron chi connectivity index (χ1n) is 14.7. The van der Waals surface area contributed by atoms with E-state index in [4.69, 9.17) is 23.7 Å². The fraction of sp³-hybridized carbons (Fsp3) is 0.306. The fourth-order valence-corrected chi connectivity index (χ4v) is 5.11. The summed E-state index contributed by atoms with van der Waals surface area (Å²) in [7, 11) is 0. The summed E-state index contributed by atoms with van der Waals surface area (Å²) in [4.78, 5) is 12.4.